The zero-order valence-electron chi connectivity index (χ0n) is 17.8. The Morgan fingerprint density at radius 1 is 0.970 bits per heavy atom. The fourth-order valence-corrected chi connectivity index (χ4v) is 4.59. The van der Waals surface area contributed by atoms with E-state index in [4.69, 9.17) is 9.15 Å². The van der Waals surface area contributed by atoms with Crippen molar-refractivity contribution in [1.82, 2.24) is 9.62 Å². The smallest absolute Gasteiger partial charge is 0.339 e. The Labute approximate surface area is 192 Å². The van der Waals surface area contributed by atoms with Gasteiger partial charge in [0.05, 0.1) is 23.3 Å². The third-order valence-electron chi connectivity index (χ3n) is 5.39. The van der Waals surface area contributed by atoms with E-state index >= 15 is 0 Å². The first-order valence-corrected chi connectivity index (χ1v) is 12.1. The van der Waals surface area contributed by atoms with Gasteiger partial charge in [0.2, 0.25) is 16.1 Å². The first-order valence-electron chi connectivity index (χ1n) is 10.6. The van der Waals surface area contributed by atoms with Gasteiger partial charge in [-0.3, -0.25) is 4.79 Å². The van der Waals surface area contributed by atoms with Crippen molar-refractivity contribution in [3.63, 3.8) is 0 Å². The van der Waals surface area contributed by atoms with Gasteiger partial charge in [-0.25, -0.2) is 17.9 Å². The Morgan fingerprint density at radius 2 is 1.67 bits per heavy atom. The van der Waals surface area contributed by atoms with E-state index in [1.165, 1.54) is 30.5 Å². The predicted molar refractivity (Wildman–Crippen MR) is 120 cm³/mol. The number of sulfonamides is 1. The fourth-order valence-electron chi connectivity index (χ4n) is 3.60. The highest BCUT2D eigenvalue weighted by molar-refractivity contribution is 7.89. The molecule has 1 amide bonds. The normalized spacial score (nSPS) is 14.7. The van der Waals surface area contributed by atoms with Crippen LogP contribution < -0.4 is 4.72 Å². The average Bonchev–Trinajstić information content (AvgIpc) is 3.56. The van der Waals surface area contributed by atoms with Gasteiger partial charge in [-0.05, 0) is 49.2 Å². The molecule has 0 saturated carbocycles. The minimum atomic E-state index is -3.79. The maximum atomic E-state index is 13.0. The van der Waals surface area contributed by atoms with E-state index in [0.29, 0.717) is 24.4 Å². The fraction of sp³-hybridized carbons (Fsp3) is 0.250. The molecule has 8 nitrogen and oxygen atoms in total. The molecular formula is C24H24N2O6S. The molecule has 1 aromatic heterocycles. The van der Waals surface area contributed by atoms with Crippen LogP contribution in [0.1, 0.15) is 40.6 Å². The molecule has 0 bridgehead atoms. The van der Waals surface area contributed by atoms with E-state index in [1.54, 1.807) is 41.3 Å². The summed E-state index contributed by atoms with van der Waals surface area (Å²) in [6.07, 6.45) is 2.24. The monoisotopic (exact) mass is 468 g/mol. The van der Waals surface area contributed by atoms with Crippen LogP contribution in [0, 0.1) is 0 Å². The molecule has 0 spiro atoms. The average molecular weight is 469 g/mol. The van der Waals surface area contributed by atoms with Gasteiger partial charge in [0.1, 0.15) is 5.76 Å². The van der Waals surface area contributed by atoms with Gasteiger partial charge < -0.3 is 14.1 Å². The molecule has 172 valence electrons. The first-order chi connectivity index (χ1) is 15.9. The summed E-state index contributed by atoms with van der Waals surface area (Å²) in [4.78, 5) is 27.5. The number of benzene rings is 2. The molecule has 4 rings (SSSR count). The van der Waals surface area contributed by atoms with Crippen LogP contribution in [-0.2, 0) is 26.1 Å². The summed E-state index contributed by atoms with van der Waals surface area (Å²) in [5, 5.41) is 0. The number of nitrogens with zero attached hydrogens (tertiary/aromatic N) is 1. The van der Waals surface area contributed by atoms with Crippen LogP contribution in [0.15, 0.2) is 82.3 Å². The number of rotatable bonds is 8. The number of ether oxygens (including phenoxy) is 1. The topological polar surface area (TPSA) is 106 Å². The number of nitrogens with one attached hydrogen (secondary N) is 1. The lowest BCUT2D eigenvalue weighted by atomic mass is 10.1. The summed E-state index contributed by atoms with van der Waals surface area (Å²) < 4.78 is 38.2. The maximum absolute atomic E-state index is 13.0. The third-order valence-corrected chi connectivity index (χ3v) is 6.80. The second-order valence-electron chi connectivity index (χ2n) is 7.66. The van der Waals surface area contributed by atoms with Crippen LogP contribution >= 0.6 is 0 Å². The van der Waals surface area contributed by atoms with Crippen molar-refractivity contribution < 1.29 is 27.2 Å². The van der Waals surface area contributed by atoms with Crippen molar-refractivity contribution in [2.75, 3.05) is 13.1 Å². The minimum absolute atomic E-state index is 0.00152. The quantitative estimate of drug-likeness (QED) is 0.509. The lowest BCUT2D eigenvalue weighted by Crippen LogP contribution is -2.34. The summed E-state index contributed by atoms with van der Waals surface area (Å²) in [7, 11) is -3.79. The van der Waals surface area contributed by atoms with Gasteiger partial charge in [0.25, 0.3) is 5.91 Å². The van der Waals surface area contributed by atoms with Crippen molar-refractivity contribution in [3.05, 3.63) is 89.9 Å². The number of carbonyl (C=O) groups excluding carboxylic acids is 2. The second kappa shape index (κ2) is 10.0. The van der Waals surface area contributed by atoms with Crippen LogP contribution in [0.2, 0.25) is 0 Å². The second-order valence-corrected chi connectivity index (χ2v) is 9.42. The highest BCUT2D eigenvalue weighted by Gasteiger charge is 2.31. The molecule has 3 aromatic rings. The van der Waals surface area contributed by atoms with E-state index in [-0.39, 0.29) is 22.9 Å². The summed E-state index contributed by atoms with van der Waals surface area (Å²) in [6, 6.07) is 17.6. The summed E-state index contributed by atoms with van der Waals surface area (Å²) in [6.45, 7) is 1.28. The molecule has 1 N–H and O–H groups in total. The van der Waals surface area contributed by atoms with Crippen LogP contribution in [-0.4, -0.2) is 38.3 Å². The van der Waals surface area contributed by atoms with E-state index < -0.39 is 22.1 Å². The highest BCUT2D eigenvalue weighted by atomic mass is 32.2. The Bertz CT molecular complexity index is 1190. The Balaban J connectivity index is 1.47. The van der Waals surface area contributed by atoms with Crippen molar-refractivity contribution in [2.24, 2.45) is 0 Å². The number of hydrogen-bond acceptors (Lipinski definition) is 6. The molecule has 1 aliphatic rings. The van der Waals surface area contributed by atoms with Crippen molar-refractivity contribution >= 4 is 21.9 Å². The largest absolute Gasteiger partial charge is 0.468 e. The Kier molecular flexibility index (Phi) is 6.90. The SMILES string of the molecule is O=C(O[C@H](C(=O)N1CCCC1)c1ccccc1)c1ccc(S(=O)(=O)NCc2ccco2)cc1. The third kappa shape index (κ3) is 5.50. The molecule has 0 radical (unpaired) electrons. The molecule has 0 aliphatic carbocycles. The van der Waals surface area contributed by atoms with E-state index in [9.17, 15) is 18.0 Å². The molecule has 9 heteroatoms. The zero-order chi connectivity index (χ0) is 23.3. The molecule has 1 atom stereocenters. The number of esters is 1. The van der Waals surface area contributed by atoms with Gasteiger partial charge in [0.15, 0.2) is 0 Å². The summed E-state index contributed by atoms with van der Waals surface area (Å²) in [5.41, 5.74) is 0.735. The van der Waals surface area contributed by atoms with Crippen molar-refractivity contribution in [2.45, 2.75) is 30.4 Å². The van der Waals surface area contributed by atoms with E-state index in [1.807, 2.05) is 6.07 Å². The van der Waals surface area contributed by atoms with E-state index in [2.05, 4.69) is 4.72 Å². The van der Waals surface area contributed by atoms with Crippen LogP contribution in [0.4, 0.5) is 0 Å². The number of hydrogen-bond donors (Lipinski definition) is 1. The highest BCUT2D eigenvalue weighted by Crippen LogP contribution is 2.24. The molecule has 1 saturated heterocycles. The van der Waals surface area contributed by atoms with Crippen LogP contribution in [0.5, 0.6) is 0 Å². The number of furan rings is 1. The number of carbonyl (C=O) groups is 2. The minimum Gasteiger partial charge on any atom is -0.468 e. The Hall–Kier alpha value is -3.43. The van der Waals surface area contributed by atoms with Gasteiger partial charge in [-0.15, -0.1) is 0 Å². The molecule has 33 heavy (non-hydrogen) atoms. The summed E-state index contributed by atoms with van der Waals surface area (Å²) >= 11 is 0. The maximum Gasteiger partial charge on any atom is 0.339 e. The lowest BCUT2D eigenvalue weighted by Gasteiger charge is -2.23. The lowest BCUT2D eigenvalue weighted by molar-refractivity contribution is -0.140. The van der Waals surface area contributed by atoms with Crippen molar-refractivity contribution in [1.29, 1.82) is 0 Å². The number of amides is 1. The zero-order valence-corrected chi connectivity index (χ0v) is 18.7. The number of likely N-dealkylation sites (tertiary alicyclic amines) is 1. The van der Waals surface area contributed by atoms with Crippen LogP contribution in [0.3, 0.4) is 0 Å². The summed E-state index contributed by atoms with van der Waals surface area (Å²) in [5.74, 6) is -0.481. The van der Waals surface area contributed by atoms with Gasteiger partial charge >= 0.3 is 5.97 Å². The molecule has 0 unspecified atom stereocenters. The Morgan fingerprint density at radius 3 is 2.30 bits per heavy atom. The standard InChI is InChI=1S/C24H24N2O6S/c27-23(26-14-4-5-15-26)22(18-7-2-1-3-8-18)32-24(28)19-10-12-21(13-11-19)33(29,30)25-17-20-9-6-16-31-20/h1-3,6-13,16,22,25H,4-5,14-15,17H2/t22-/m0/s1. The predicted octanol–water partition coefficient (Wildman–Crippen LogP) is 3.28. The molecular weight excluding hydrogens is 444 g/mol. The van der Waals surface area contributed by atoms with Gasteiger partial charge in [-0.2, -0.15) is 0 Å². The van der Waals surface area contributed by atoms with Gasteiger partial charge in [0, 0.05) is 18.7 Å². The molecule has 1 aliphatic heterocycles. The van der Waals surface area contributed by atoms with Crippen LogP contribution in [0.25, 0.3) is 0 Å². The molecule has 1 fully saturated rings. The molecule has 2 heterocycles. The first kappa shape index (κ1) is 22.8. The van der Waals surface area contributed by atoms with Crippen molar-refractivity contribution in [3.8, 4) is 0 Å². The van der Waals surface area contributed by atoms with E-state index in [0.717, 1.165) is 12.8 Å². The van der Waals surface area contributed by atoms with Gasteiger partial charge in [-0.1, -0.05) is 30.3 Å². The molecule has 2 aromatic carbocycles.